The first kappa shape index (κ1) is 24.3. The largest absolute Gasteiger partial charge is 0.489 e. The second kappa shape index (κ2) is 10.7. The number of anilines is 1. The van der Waals surface area contributed by atoms with E-state index in [1.807, 2.05) is 44.3 Å². The van der Waals surface area contributed by atoms with Crippen LogP contribution in [0.15, 0.2) is 48.9 Å². The number of pyridine rings is 2. The summed E-state index contributed by atoms with van der Waals surface area (Å²) in [5.74, 6) is -0.0200. The molecule has 1 aliphatic rings. The second-order valence-electron chi connectivity index (χ2n) is 9.12. The highest BCUT2D eigenvalue weighted by Gasteiger charge is 2.28. The first-order valence-corrected chi connectivity index (χ1v) is 12.2. The Kier molecular flexibility index (Phi) is 7.02. The summed E-state index contributed by atoms with van der Waals surface area (Å²) in [5.41, 5.74) is 4.61. The molecule has 1 fully saturated rings. The van der Waals surface area contributed by atoms with Gasteiger partial charge in [-0.3, -0.25) is 14.8 Å². The highest BCUT2D eigenvalue weighted by molar-refractivity contribution is 5.70. The van der Waals surface area contributed by atoms with Crippen LogP contribution in [0.4, 0.5) is 5.95 Å². The van der Waals surface area contributed by atoms with Crippen LogP contribution in [0.25, 0.3) is 22.8 Å². The molecule has 190 valence electrons. The van der Waals surface area contributed by atoms with Crippen LogP contribution in [-0.2, 0) is 18.4 Å². The Labute approximate surface area is 214 Å². The molecule has 0 unspecified atom stereocenters. The van der Waals surface area contributed by atoms with E-state index in [0.717, 1.165) is 35.5 Å². The van der Waals surface area contributed by atoms with Crippen molar-refractivity contribution in [2.75, 3.05) is 5.32 Å². The van der Waals surface area contributed by atoms with Crippen molar-refractivity contribution in [3.8, 4) is 28.5 Å². The predicted octanol–water partition coefficient (Wildman–Crippen LogP) is 3.67. The zero-order valence-corrected chi connectivity index (χ0v) is 20.7. The van der Waals surface area contributed by atoms with E-state index in [0.29, 0.717) is 42.5 Å². The third kappa shape index (κ3) is 5.55. The van der Waals surface area contributed by atoms with Gasteiger partial charge in [-0.1, -0.05) is 11.3 Å². The van der Waals surface area contributed by atoms with Gasteiger partial charge in [-0.2, -0.15) is 0 Å². The Hall–Kier alpha value is -4.41. The molecule has 0 radical (unpaired) electrons. The summed E-state index contributed by atoms with van der Waals surface area (Å²) in [6.07, 6.45) is 7.94. The summed E-state index contributed by atoms with van der Waals surface area (Å²) < 4.78 is 7.71. The van der Waals surface area contributed by atoms with Crippen LogP contribution in [0.1, 0.15) is 36.9 Å². The Balaban J connectivity index is 1.28. The lowest BCUT2D eigenvalue weighted by Crippen LogP contribution is -2.29. The molecule has 11 heteroatoms. The highest BCUT2D eigenvalue weighted by Crippen LogP contribution is 2.29. The number of hydrogen-bond acceptors (Lipinski definition) is 9. The van der Waals surface area contributed by atoms with Gasteiger partial charge in [0.2, 0.25) is 5.95 Å². The van der Waals surface area contributed by atoms with Crippen molar-refractivity contribution in [3.05, 3.63) is 60.2 Å². The zero-order valence-electron chi connectivity index (χ0n) is 20.7. The summed E-state index contributed by atoms with van der Waals surface area (Å²) >= 11 is 0. The van der Waals surface area contributed by atoms with Crippen molar-refractivity contribution in [1.82, 2.24) is 34.9 Å². The fourth-order valence-electron chi connectivity index (χ4n) is 4.48. The van der Waals surface area contributed by atoms with Crippen molar-refractivity contribution < 1.29 is 14.6 Å². The summed E-state index contributed by atoms with van der Waals surface area (Å²) in [4.78, 5) is 29.3. The molecule has 4 heterocycles. The normalized spacial score (nSPS) is 17.4. The number of carboxylic acids is 1. The predicted molar refractivity (Wildman–Crippen MR) is 136 cm³/mol. The van der Waals surface area contributed by atoms with E-state index >= 15 is 0 Å². The molecular formula is C26H28N8O3. The zero-order chi connectivity index (χ0) is 25.8. The number of ether oxygens (including phenoxy) is 1. The lowest BCUT2D eigenvalue weighted by Gasteiger charge is -2.27. The third-order valence-electron chi connectivity index (χ3n) is 6.49. The van der Waals surface area contributed by atoms with Crippen molar-refractivity contribution in [3.63, 3.8) is 0 Å². The molecule has 5 rings (SSSR count). The molecule has 11 nitrogen and oxygen atoms in total. The molecule has 0 aromatic carbocycles. The molecule has 2 atom stereocenters. The maximum atomic E-state index is 11.3. The average Bonchev–Trinajstić information content (AvgIpc) is 3.29. The van der Waals surface area contributed by atoms with Gasteiger partial charge in [0.15, 0.2) is 0 Å². The minimum Gasteiger partial charge on any atom is -0.489 e. The molecular weight excluding hydrogens is 472 g/mol. The fourth-order valence-corrected chi connectivity index (χ4v) is 4.48. The third-order valence-corrected chi connectivity index (χ3v) is 6.49. The Morgan fingerprint density at radius 3 is 2.73 bits per heavy atom. The van der Waals surface area contributed by atoms with Gasteiger partial charge >= 0.3 is 5.97 Å². The first-order valence-electron chi connectivity index (χ1n) is 12.2. The summed E-state index contributed by atoms with van der Waals surface area (Å²) in [5, 5.41) is 21.1. The van der Waals surface area contributed by atoms with E-state index in [-0.39, 0.29) is 12.0 Å². The number of aliphatic carboxylic acids is 1. The standard InChI is InChI=1S/C26H28N8O3/c1-16-13-29-26(31-23(16)20-8-3-4-11-27-20)30-15-22-24(32-33-34(22)2)21-10-9-19(14-28-21)37-18-7-5-6-17(12-18)25(35)36/h3-4,8-11,13-14,17-18H,5-7,12,15H2,1-2H3,(H,35,36)(H,29,30,31)/t17-,18-/m0/s1. The number of nitrogens with zero attached hydrogens (tertiary/aromatic N) is 7. The number of aryl methyl sites for hydroxylation is 2. The Bertz CT molecular complexity index is 1370. The minimum atomic E-state index is -0.755. The summed E-state index contributed by atoms with van der Waals surface area (Å²) in [6, 6.07) is 9.38. The molecule has 37 heavy (non-hydrogen) atoms. The number of carboxylic acid groups (broad SMARTS) is 1. The molecule has 0 aliphatic heterocycles. The highest BCUT2D eigenvalue weighted by atomic mass is 16.5. The molecule has 0 amide bonds. The number of aromatic nitrogens is 7. The van der Waals surface area contributed by atoms with Crippen LogP contribution in [0.5, 0.6) is 5.75 Å². The van der Waals surface area contributed by atoms with E-state index in [1.165, 1.54) is 0 Å². The van der Waals surface area contributed by atoms with Gasteiger partial charge in [0.05, 0.1) is 47.5 Å². The van der Waals surface area contributed by atoms with Crippen LogP contribution in [0.3, 0.4) is 0 Å². The molecule has 2 N–H and O–H groups in total. The SMILES string of the molecule is Cc1cnc(NCc2c(-c3ccc(O[C@H]4CCC[C@H](C(=O)O)C4)cn3)nnn2C)nc1-c1ccccn1. The van der Waals surface area contributed by atoms with E-state index in [9.17, 15) is 9.90 Å². The van der Waals surface area contributed by atoms with E-state index in [1.54, 1.807) is 23.3 Å². The van der Waals surface area contributed by atoms with Gasteiger partial charge in [0, 0.05) is 19.4 Å². The average molecular weight is 501 g/mol. The fraction of sp³-hybridized carbons (Fsp3) is 0.346. The number of rotatable bonds is 8. The van der Waals surface area contributed by atoms with E-state index in [4.69, 9.17) is 4.74 Å². The topological polar surface area (TPSA) is 141 Å². The van der Waals surface area contributed by atoms with Gasteiger partial charge in [-0.25, -0.2) is 14.6 Å². The quantitative estimate of drug-likeness (QED) is 0.368. The van der Waals surface area contributed by atoms with Gasteiger partial charge in [0.25, 0.3) is 0 Å². The summed E-state index contributed by atoms with van der Waals surface area (Å²) in [6.45, 7) is 2.34. The van der Waals surface area contributed by atoms with Crippen LogP contribution in [0, 0.1) is 12.8 Å². The second-order valence-corrected chi connectivity index (χ2v) is 9.12. The minimum absolute atomic E-state index is 0.121. The smallest absolute Gasteiger partial charge is 0.306 e. The molecule has 4 aromatic rings. The molecule has 0 spiro atoms. The maximum Gasteiger partial charge on any atom is 0.306 e. The number of hydrogen-bond donors (Lipinski definition) is 2. The first-order chi connectivity index (χ1) is 18.0. The van der Waals surface area contributed by atoms with Gasteiger partial charge in [0.1, 0.15) is 11.4 Å². The van der Waals surface area contributed by atoms with Crippen molar-refractivity contribution >= 4 is 11.9 Å². The van der Waals surface area contributed by atoms with Gasteiger partial charge in [-0.05, 0) is 62.4 Å². The Morgan fingerprint density at radius 1 is 1.11 bits per heavy atom. The summed E-state index contributed by atoms with van der Waals surface area (Å²) in [7, 11) is 1.82. The Morgan fingerprint density at radius 2 is 1.97 bits per heavy atom. The molecule has 4 aromatic heterocycles. The van der Waals surface area contributed by atoms with Crippen molar-refractivity contribution in [2.24, 2.45) is 13.0 Å². The molecule has 0 saturated heterocycles. The van der Waals surface area contributed by atoms with Crippen LogP contribution >= 0.6 is 0 Å². The molecule has 0 bridgehead atoms. The van der Waals surface area contributed by atoms with E-state index in [2.05, 4.69) is 35.6 Å². The number of nitrogens with one attached hydrogen (secondary N) is 1. The monoisotopic (exact) mass is 500 g/mol. The van der Waals surface area contributed by atoms with Crippen LogP contribution in [-0.4, -0.2) is 52.1 Å². The van der Waals surface area contributed by atoms with Crippen molar-refractivity contribution in [2.45, 2.75) is 45.3 Å². The van der Waals surface area contributed by atoms with Crippen LogP contribution < -0.4 is 10.1 Å². The molecule has 1 aliphatic carbocycles. The van der Waals surface area contributed by atoms with Crippen molar-refractivity contribution in [1.29, 1.82) is 0 Å². The lowest BCUT2D eigenvalue weighted by molar-refractivity contribution is -0.143. The van der Waals surface area contributed by atoms with Gasteiger partial charge in [-0.15, -0.1) is 5.10 Å². The molecule has 1 saturated carbocycles. The maximum absolute atomic E-state index is 11.3. The van der Waals surface area contributed by atoms with Gasteiger partial charge < -0.3 is 15.2 Å². The van der Waals surface area contributed by atoms with Crippen LogP contribution in [0.2, 0.25) is 0 Å². The van der Waals surface area contributed by atoms with E-state index < -0.39 is 5.97 Å². The lowest BCUT2D eigenvalue weighted by atomic mass is 9.87. The number of carbonyl (C=O) groups is 1.